The maximum atomic E-state index is 12.7. The fourth-order valence-electron chi connectivity index (χ4n) is 2.75. The molecule has 2 aromatic carbocycles. The molecule has 0 radical (unpaired) electrons. The molecule has 0 aromatic heterocycles. The van der Waals surface area contributed by atoms with Crippen LogP contribution in [0.1, 0.15) is 16.7 Å². The molecule has 1 aliphatic rings. The van der Waals surface area contributed by atoms with Crippen LogP contribution >= 0.6 is 11.8 Å². The van der Waals surface area contributed by atoms with Crippen molar-refractivity contribution in [2.24, 2.45) is 0 Å². The fourth-order valence-corrected chi connectivity index (χ4v) is 3.59. The van der Waals surface area contributed by atoms with E-state index in [1.165, 1.54) is 4.90 Å². The van der Waals surface area contributed by atoms with Crippen LogP contribution in [0, 0.1) is 13.8 Å². The minimum Gasteiger partial charge on any atom is -0.378 e. The lowest BCUT2D eigenvalue weighted by Gasteiger charge is -2.15. The standard InChI is InChI=1S/C20H20N2O2S/c1-13-5-10-17(14(2)11-13)22-19(23)18(25-20(22)24)12-15-6-8-16(9-7-15)21(3)4/h5-12H,1-4H3/b18-12-. The Hall–Kier alpha value is -2.53. The van der Waals surface area contributed by atoms with Crippen LogP contribution in [0.15, 0.2) is 47.4 Å². The predicted octanol–water partition coefficient (Wildman–Crippen LogP) is 4.61. The molecule has 25 heavy (non-hydrogen) atoms. The van der Waals surface area contributed by atoms with E-state index in [9.17, 15) is 9.59 Å². The quantitative estimate of drug-likeness (QED) is 0.757. The minimum absolute atomic E-state index is 0.256. The van der Waals surface area contributed by atoms with Crippen LogP contribution in [-0.4, -0.2) is 25.2 Å². The third-order valence-electron chi connectivity index (χ3n) is 4.09. The summed E-state index contributed by atoms with van der Waals surface area (Å²) in [6, 6.07) is 13.6. The van der Waals surface area contributed by atoms with Crippen molar-refractivity contribution in [1.29, 1.82) is 0 Å². The van der Waals surface area contributed by atoms with Gasteiger partial charge in [0.1, 0.15) is 0 Å². The first-order chi connectivity index (χ1) is 11.9. The molecule has 1 aliphatic heterocycles. The Morgan fingerprint density at radius 1 is 1.00 bits per heavy atom. The van der Waals surface area contributed by atoms with Crippen molar-refractivity contribution < 1.29 is 9.59 Å². The average Bonchev–Trinajstić information content (AvgIpc) is 2.82. The molecule has 0 bridgehead atoms. The SMILES string of the molecule is Cc1ccc(N2C(=O)S/C(=C\c3ccc(N(C)C)cc3)C2=O)c(C)c1. The number of thioether (sulfide) groups is 1. The number of amides is 2. The monoisotopic (exact) mass is 352 g/mol. The van der Waals surface area contributed by atoms with Crippen molar-refractivity contribution in [3.05, 3.63) is 64.1 Å². The summed E-state index contributed by atoms with van der Waals surface area (Å²) in [5, 5.41) is -0.256. The molecule has 1 saturated heterocycles. The molecule has 4 nitrogen and oxygen atoms in total. The zero-order valence-electron chi connectivity index (χ0n) is 14.7. The van der Waals surface area contributed by atoms with Crippen LogP contribution in [-0.2, 0) is 4.79 Å². The molecule has 0 unspecified atom stereocenters. The Morgan fingerprint density at radius 3 is 2.28 bits per heavy atom. The molecule has 2 amide bonds. The molecule has 1 heterocycles. The average molecular weight is 352 g/mol. The van der Waals surface area contributed by atoms with Gasteiger partial charge in [-0.3, -0.25) is 9.59 Å². The zero-order chi connectivity index (χ0) is 18.1. The van der Waals surface area contributed by atoms with E-state index in [2.05, 4.69) is 0 Å². The Bertz CT molecular complexity index is 870. The molecule has 0 spiro atoms. The number of hydrogen-bond donors (Lipinski definition) is 0. The lowest BCUT2D eigenvalue weighted by molar-refractivity contribution is -0.113. The number of benzene rings is 2. The van der Waals surface area contributed by atoms with Crippen LogP contribution in [0.25, 0.3) is 6.08 Å². The maximum absolute atomic E-state index is 12.7. The van der Waals surface area contributed by atoms with Crippen molar-refractivity contribution in [3.63, 3.8) is 0 Å². The summed E-state index contributed by atoms with van der Waals surface area (Å²) in [5.41, 5.74) is 4.65. The van der Waals surface area contributed by atoms with E-state index in [4.69, 9.17) is 0 Å². The summed E-state index contributed by atoms with van der Waals surface area (Å²) in [5.74, 6) is -0.265. The molecule has 3 rings (SSSR count). The smallest absolute Gasteiger partial charge is 0.298 e. The summed E-state index contributed by atoms with van der Waals surface area (Å²) in [6.07, 6.45) is 1.77. The third-order valence-corrected chi connectivity index (χ3v) is 4.96. The number of carbonyl (C=O) groups excluding carboxylic acids is 2. The van der Waals surface area contributed by atoms with E-state index < -0.39 is 0 Å². The Morgan fingerprint density at radius 2 is 1.68 bits per heavy atom. The zero-order valence-corrected chi connectivity index (χ0v) is 15.6. The van der Waals surface area contributed by atoms with Crippen molar-refractivity contribution in [2.75, 3.05) is 23.9 Å². The number of aryl methyl sites for hydroxylation is 2. The van der Waals surface area contributed by atoms with E-state index in [0.29, 0.717) is 10.6 Å². The number of imide groups is 1. The second-order valence-electron chi connectivity index (χ2n) is 6.29. The molecular weight excluding hydrogens is 332 g/mol. The van der Waals surface area contributed by atoms with Gasteiger partial charge in [0.15, 0.2) is 0 Å². The largest absolute Gasteiger partial charge is 0.378 e. The van der Waals surface area contributed by atoms with Gasteiger partial charge < -0.3 is 4.90 Å². The normalized spacial score (nSPS) is 16.0. The van der Waals surface area contributed by atoms with Gasteiger partial charge in [-0.2, -0.15) is 0 Å². The molecule has 128 valence electrons. The van der Waals surface area contributed by atoms with Crippen molar-refractivity contribution in [3.8, 4) is 0 Å². The van der Waals surface area contributed by atoms with Crippen LogP contribution in [0.5, 0.6) is 0 Å². The first-order valence-corrected chi connectivity index (χ1v) is 8.81. The van der Waals surface area contributed by atoms with E-state index in [-0.39, 0.29) is 11.1 Å². The van der Waals surface area contributed by atoms with E-state index in [1.54, 1.807) is 6.08 Å². The van der Waals surface area contributed by atoms with Gasteiger partial charge in [0.05, 0.1) is 10.6 Å². The van der Waals surface area contributed by atoms with E-state index in [0.717, 1.165) is 34.1 Å². The van der Waals surface area contributed by atoms with Gasteiger partial charge in [0, 0.05) is 19.8 Å². The Labute approximate surface area is 152 Å². The van der Waals surface area contributed by atoms with Crippen LogP contribution in [0.2, 0.25) is 0 Å². The van der Waals surface area contributed by atoms with E-state index >= 15 is 0 Å². The fraction of sp³-hybridized carbons (Fsp3) is 0.200. The molecule has 0 saturated carbocycles. The third kappa shape index (κ3) is 3.46. The lowest BCUT2D eigenvalue weighted by Crippen LogP contribution is -2.28. The summed E-state index contributed by atoms with van der Waals surface area (Å²) < 4.78 is 0. The maximum Gasteiger partial charge on any atom is 0.298 e. The summed E-state index contributed by atoms with van der Waals surface area (Å²) in [6.45, 7) is 3.90. The number of anilines is 2. The Balaban J connectivity index is 1.90. The van der Waals surface area contributed by atoms with Crippen molar-refractivity contribution in [1.82, 2.24) is 0 Å². The van der Waals surface area contributed by atoms with Gasteiger partial charge in [-0.05, 0) is 61.0 Å². The molecular formula is C20H20N2O2S. The highest BCUT2D eigenvalue weighted by atomic mass is 32.2. The molecule has 0 atom stereocenters. The number of hydrogen-bond acceptors (Lipinski definition) is 4. The predicted molar refractivity (Wildman–Crippen MR) is 105 cm³/mol. The number of nitrogens with zero attached hydrogens (tertiary/aromatic N) is 2. The molecule has 2 aromatic rings. The molecule has 1 fully saturated rings. The number of rotatable bonds is 3. The lowest BCUT2D eigenvalue weighted by atomic mass is 10.1. The topological polar surface area (TPSA) is 40.6 Å². The van der Waals surface area contributed by atoms with Gasteiger partial charge in [0.2, 0.25) is 0 Å². The first kappa shape index (κ1) is 17.3. The van der Waals surface area contributed by atoms with Gasteiger partial charge in [-0.1, -0.05) is 29.8 Å². The van der Waals surface area contributed by atoms with Crippen LogP contribution < -0.4 is 9.80 Å². The first-order valence-electron chi connectivity index (χ1n) is 7.99. The van der Waals surface area contributed by atoms with Gasteiger partial charge in [-0.15, -0.1) is 0 Å². The highest BCUT2D eigenvalue weighted by Crippen LogP contribution is 2.37. The second-order valence-corrected chi connectivity index (χ2v) is 7.29. The van der Waals surface area contributed by atoms with Crippen molar-refractivity contribution in [2.45, 2.75) is 13.8 Å². The second kappa shape index (κ2) is 6.76. The minimum atomic E-state index is -0.265. The van der Waals surface area contributed by atoms with Gasteiger partial charge in [0.25, 0.3) is 11.1 Å². The summed E-state index contributed by atoms with van der Waals surface area (Å²) in [7, 11) is 3.95. The van der Waals surface area contributed by atoms with Gasteiger partial charge in [-0.25, -0.2) is 4.90 Å². The highest BCUT2D eigenvalue weighted by Gasteiger charge is 2.36. The Kier molecular flexibility index (Phi) is 4.68. The van der Waals surface area contributed by atoms with Crippen LogP contribution in [0.4, 0.5) is 16.2 Å². The number of carbonyl (C=O) groups is 2. The highest BCUT2D eigenvalue weighted by molar-refractivity contribution is 8.19. The molecule has 0 N–H and O–H groups in total. The van der Waals surface area contributed by atoms with Crippen molar-refractivity contribution >= 4 is 40.4 Å². The summed E-state index contributed by atoms with van der Waals surface area (Å²) >= 11 is 0.983. The molecule has 5 heteroatoms. The summed E-state index contributed by atoms with van der Waals surface area (Å²) in [4.78, 5) is 28.8. The molecule has 0 aliphatic carbocycles. The van der Waals surface area contributed by atoms with Gasteiger partial charge >= 0.3 is 0 Å². The van der Waals surface area contributed by atoms with Crippen LogP contribution in [0.3, 0.4) is 0 Å². The van der Waals surface area contributed by atoms with E-state index in [1.807, 2.05) is 75.3 Å².